The number of hydrogen-bond donors (Lipinski definition) is 2. The second-order valence-electron chi connectivity index (χ2n) is 4.63. The Balaban J connectivity index is 2.00. The third-order valence-corrected chi connectivity index (χ3v) is 3.18. The first-order chi connectivity index (χ1) is 8.17. The Morgan fingerprint density at radius 1 is 1.53 bits per heavy atom. The molecule has 1 atom stereocenters. The largest absolute Gasteiger partial charge is 0.368 e. The first-order valence-electron chi connectivity index (χ1n) is 6.27. The van der Waals surface area contributed by atoms with Crippen LogP contribution in [0.4, 0.5) is 11.8 Å². The van der Waals surface area contributed by atoms with E-state index in [0.717, 1.165) is 24.6 Å². The van der Waals surface area contributed by atoms with Crippen LogP contribution in [-0.2, 0) is 0 Å². The highest BCUT2D eigenvalue weighted by Crippen LogP contribution is 2.15. The Morgan fingerprint density at radius 3 is 3.06 bits per heavy atom. The summed E-state index contributed by atoms with van der Waals surface area (Å²) >= 11 is 0. The first-order valence-corrected chi connectivity index (χ1v) is 6.27. The molecule has 0 saturated carbocycles. The highest BCUT2D eigenvalue weighted by atomic mass is 15.2. The fourth-order valence-electron chi connectivity index (χ4n) is 2.34. The molecule has 1 saturated heterocycles. The minimum atomic E-state index is 0.343. The summed E-state index contributed by atoms with van der Waals surface area (Å²) in [5.41, 5.74) is 6.55. The average molecular weight is 235 g/mol. The van der Waals surface area contributed by atoms with Crippen LogP contribution in [0.2, 0.25) is 0 Å². The molecule has 0 aliphatic carbocycles. The number of aryl methyl sites for hydroxylation is 1. The van der Waals surface area contributed by atoms with Gasteiger partial charge in [-0.15, -0.1) is 0 Å². The van der Waals surface area contributed by atoms with Crippen molar-refractivity contribution in [1.82, 2.24) is 14.9 Å². The van der Waals surface area contributed by atoms with Crippen molar-refractivity contribution in [2.75, 3.05) is 30.7 Å². The maximum absolute atomic E-state index is 5.65. The van der Waals surface area contributed by atoms with Crippen LogP contribution in [0.15, 0.2) is 6.07 Å². The quantitative estimate of drug-likeness (QED) is 0.825. The van der Waals surface area contributed by atoms with Gasteiger partial charge in [-0.25, -0.2) is 4.98 Å². The molecule has 1 aliphatic heterocycles. The Labute approximate surface area is 102 Å². The maximum atomic E-state index is 5.65. The van der Waals surface area contributed by atoms with Gasteiger partial charge in [-0.2, -0.15) is 4.98 Å². The van der Waals surface area contributed by atoms with Gasteiger partial charge in [-0.1, -0.05) is 6.92 Å². The first kappa shape index (κ1) is 12.1. The molecule has 3 N–H and O–H groups in total. The number of aromatic nitrogens is 2. The van der Waals surface area contributed by atoms with Gasteiger partial charge in [0.1, 0.15) is 5.82 Å². The third kappa shape index (κ3) is 3.30. The van der Waals surface area contributed by atoms with Crippen molar-refractivity contribution in [2.24, 2.45) is 0 Å². The fourth-order valence-corrected chi connectivity index (χ4v) is 2.34. The topological polar surface area (TPSA) is 67.1 Å². The third-order valence-electron chi connectivity index (χ3n) is 3.18. The zero-order valence-corrected chi connectivity index (χ0v) is 10.6. The van der Waals surface area contributed by atoms with Gasteiger partial charge in [-0.3, -0.25) is 0 Å². The van der Waals surface area contributed by atoms with Crippen molar-refractivity contribution in [3.63, 3.8) is 0 Å². The molecule has 0 amide bonds. The minimum absolute atomic E-state index is 0.343. The van der Waals surface area contributed by atoms with E-state index in [1.165, 1.54) is 19.4 Å². The van der Waals surface area contributed by atoms with Crippen LogP contribution in [0.1, 0.15) is 25.5 Å². The molecule has 0 spiro atoms. The van der Waals surface area contributed by atoms with Gasteiger partial charge in [0.05, 0.1) is 0 Å². The van der Waals surface area contributed by atoms with Crippen LogP contribution in [0.5, 0.6) is 0 Å². The van der Waals surface area contributed by atoms with E-state index in [-0.39, 0.29) is 0 Å². The Hall–Kier alpha value is -1.36. The number of hydrogen-bond acceptors (Lipinski definition) is 5. The number of likely N-dealkylation sites (N-methyl/N-ethyl adjacent to an activating group) is 1. The normalized spacial score (nSPS) is 21.4. The van der Waals surface area contributed by atoms with Gasteiger partial charge < -0.3 is 16.0 Å². The maximum Gasteiger partial charge on any atom is 0.222 e. The van der Waals surface area contributed by atoms with Gasteiger partial charge in [-0.05, 0) is 32.9 Å². The monoisotopic (exact) mass is 235 g/mol. The van der Waals surface area contributed by atoms with Gasteiger partial charge >= 0.3 is 0 Å². The summed E-state index contributed by atoms with van der Waals surface area (Å²) < 4.78 is 0. The molecular weight excluding hydrogens is 214 g/mol. The van der Waals surface area contributed by atoms with E-state index in [1.54, 1.807) is 0 Å². The van der Waals surface area contributed by atoms with E-state index in [1.807, 2.05) is 13.0 Å². The lowest BCUT2D eigenvalue weighted by molar-refractivity contribution is 0.226. The lowest BCUT2D eigenvalue weighted by atomic mass is 10.1. The summed E-state index contributed by atoms with van der Waals surface area (Å²) in [6, 6.07) is 2.42. The summed E-state index contributed by atoms with van der Waals surface area (Å²) in [4.78, 5) is 10.7. The molecule has 17 heavy (non-hydrogen) atoms. The summed E-state index contributed by atoms with van der Waals surface area (Å²) in [5.74, 6) is 1.19. The predicted octanol–water partition coefficient (Wildman–Crippen LogP) is 1.26. The molecule has 94 valence electrons. The van der Waals surface area contributed by atoms with Crippen LogP contribution in [0.25, 0.3) is 0 Å². The van der Waals surface area contributed by atoms with E-state index in [0.29, 0.717) is 12.0 Å². The predicted molar refractivity (Wildman–Crippen MR) is 69.9 cm³/mol. The highest BCUT2D eigenvalue weighted by molar-refractivity contribution is 5.41. The number of nitrogen functional groups attached to an aromatic ring is 1. The number of rotatable bonds is 3. The highest BCUT2D eigenvalue weighted by Gasteiger charge is 2.18. The number of nitrogens with two attached hydrogens (primary N) is 1. The minimum Gasteiger partial charge on any atom is -0.368 e. The number of anilines is 2. The van der Waals surface area contributed by atoms with Gasteiger partial charge in [0.15, 0.2) is 0 Å². The van der Waals surface area contributed by atoms with Crippen LogP contribution in [-0.4, -0.2) is 40.5 Å². The molecule has 1 aliphatic rings. The van der Waals surface area contributed by atoms with Crippen LogP contribution in [0, 0.1) is 6.92 Å². The molecule has 1 aromatic heterocycles. The van der Waals surface area contributed by atoms with E-state index in [4.69, 9.17) is 5.73 Å². The molecule has 5 heteroatoms. The van der Waals surface area contributed by atoms with Crippen molar-refractivity contribution in [3.8, 4) is 0 Å². The number of nitrogens with one attached hydrogen (secondary N) is 1. The molecule has 0 aromatic carbocycles. The molecule has 2 rings (SSSR count). The second kappa shape index (κ2) is 5.31. The summed E-state index contributed by atoms with van der Waals surface area (Å²) in [6.07, 6.45) is 2.44. The number of piperidine rings is 1. The zero-order chi connectivity index (χ0) is 12.3. The van der Waals surface area contributed by atoms with Gasteiger partial charge in [0.2, 0.25) is 5.95 Å². The van der Waals surface area contributed by atoms with Crippen molar-refractivity contribution >= 4 is 11.8 Å². The van der Waals surface area contributed by atoms with Crippen LogP contribution in [0.3, 0.4) is 0 Å². The van der Waals surface area contributed by atoms with Crippen LogP contribution >= 0.6 is 0 Å². The smallest absolute Gasteiger partial charge is 0.222 e. The van der Waals surface area contributed by atoms with Gasteiger partial charge in [0, 0.05) is 24.3 Å². The number of nitrogens with zero attached hydrogens (tertiary/aromatic N) is 3. The average Bonchev–Trinajstić information content (AvgIpc) is 2.28. The van der Waals surface area contributed by atoms with Crippen molar-refractivity contribution in [1.29, 1.82) is 0 Å². The Bertz CT molecular complexity index is 359. The molecule has 2 heterocycles. The number of likely N-dealkylation sites (tertiary alicyclic amines) is 1. The molecule has 0 radical (unpaired) electrons. The Morgan fingerprint density at radius 2 is 2.35 bits per heavy atom. The summed E-state index contributed by atoms with van der Waals surface area (Å²) in [6.45, 7) is 7.54. The molecule has 0 bridgehead atoms. The van der Waals surface area contributed by atoms with Crippen molar-refractivity contribution in [2.45, 2.75) is 32.7 Å². The van der Waals surface area contributed by atoms with E-state index < -0.39 is 0 Å². The summed E-state index contributed by atoms with van der Waals surface area (Å²) in [5, 5.41) is 3.45. The molecular formula is C12H21N5. The second-order valence-corrected chi connectivity index (χ2v) is 4.63. The lowest BCUT2D eigenvalue weighted by Crippen LogP contribution is -2.42. The Kier molecular flexibility index (Phi) is 3.78. The fraction of sp³-hybridized carbons (Fsp3) is 0.667. The van der Waals surface area contributed by atoms with E-state index in [2.05, 4.69) is 27.1 Å². The van der Waals surface area contributed by atoms with Crippen molar-refractivity contribution < 1.29 is 0 Å². The lowest BCUT2D eigenvalue weighted by Gasteiger charge is -2.32. The van der Waals surface area contributed by atoms with Gasteiger partial charge in [0.25, 0.3) is 0 Å². The molecule has 1 unspecified atom stereocenters. The van der Waals surface area contributed by atoms with Crippen LogP contribution < -0.4 is 11.1 Å². The molecule has 1 aromatic rings. The van der Waals surface area contributed by atoms with E-state index in [9.17, 15) is 0 Å². The van der Waals surface area contributed by atoms with E-state index >= 15 is 0 Å². The zero-order valence-electron chi connectivity index (χ0n) is 10.6. The van der Waals surface area contributed by atoms with Crippen molar-refractivity contribution in [3.05, 3.63) is 11.8 Å². The SMILES string of the molecule is CCN1CCCC(Nc2cc(C)nc(N)n2)C1. The molecule has 1 fully saturated rings. The molecule has 5 nitrogen and oxygen atoms in total. The summed E-state index contributed by atoms with van der Waals surface area (Å²) in [7, 11) is 0. The standard InChI is InChI=1S/C12H21N5/c1-3-17-6-4-5-10(8-17)15-11-7-9(2)14-12(13)16-11/h7,10H,3-6,8H2,1-2H3,(H3,13,14,15,16).